The van der Waals surface area contributed by atoms with Crippen LogP contribution in [0.5, 0.6) is 0 Å². The molecule has 2 rings (SSSR count). The van der Waals surface area contributed by atoms with E-state index < -0.39 is 0 Å². The van der Waals surface area contributed by atoms with Gasteiger partial charge in [0.05, 0.1) is 16.1 Å². The zero-order chi connectivity index (χ0) is 8.72. The summed E-state index contributed by atoms with van der Waals surface area (Å²) in [5.41, 5.74) is 2.90. The Morgan fingerprint density at radius 2 is 2.08 bits per heavy atom. The van der Waals surface area contributed by atoms with E-state index >= 15 is 0 Å². The summed E-state index contributed by atoms with van der Waals surface area (Å²) in [7, 11) is 0. The second kappa shape index (κ2) is 2.61. The second-order valence-corrected chi connectivity index (χ2v) is 3.48. The minimum atomic E-state index is 0.609. The van der Waals surface area contributed by atoms with E-state index in [0.29, 0.717) is 4.77 Å². The summed E-state index contributed by atoms with van der Waals surface area (Å²) in [4.78, 5) is 6.00. The van der Waals surface area contributed by atoms with Crippen molar-refractivity contribution in [2.45, 2.75) is 6.92 Å². The van der Waals surface area contributed by atoms with Gasteiger partial charge in [-0.1, -0.05) is 17.7 Å². The summed E-state index contributed by atoms with van der Waals surface area (Å²) >= 11 is 11.0. The third kappa shape index (κ3) is 1.06. The number of H-pyrrole nitrogens is 2. The predicted molar refractivity (Wildman–Crippen MR) is 53.2 cm³/mol. The highest BCUT2D eigenvalue weighted by atomic mass is 35.5. The van der Waals surface area contributed by atoms with Crippen LogP contribution in [0.2, 0.25) is 5.02 Å². The lowest BCUT2D eigenvalue weighted by Gasteiger charge is -1.96. The van der Waals surface area contributed by atoms with E-state index in [-0.39, 0.29) is 0 Å². The maximum atomic E-state index is 6.04. The van der Waals surface area contributed by atoms with Crippen LogP contribution in [0.15, 0.2) is 12.1 Å². The second-order valence-electron chi connectivity index (χ2n) is 2.70. The SMILES string of the molecule is Cc1ccc2[nH]c(=S)[nH]c2c1Cl. The molecule has 1 aromatic carbocycles. The van der Waals surface area contributed by atoms with Gasteiger partial charge in [-0.2, -0.15) is 0 Å². The number of hydrogen-bond donors (Lipinski definition) is 2. The summed E-state index contributed by atoms with van der Waals surface area (Å²) in [6.45, 7) is 1.96. The fourth-order valence-corrected chi connectivity index (χ4v) is 1.60. The van der Waals surface area contributed by atoms with Crippen molar-refractivity contribution < 1.29 is 0 Å². The average Bonchev–Trinajstić information content (AvgIpc) is 2.39. The molecule has 2 N–H and O–H groups in total. The molecule has 0 saturated carbocycles. The molecule has 1 aromatic heterocycles. The highest BCUT2D eigenvalue weighted by Gasteiger charge is 2.02. The summed E-state index contributed by atoms with van der Waals surface area (Å²) in [6.07, 6.45) is 0. The third-order valence-electron chi connectivity index (χ3n) is 1.82. The fraction of sp³-hybridized carbons (Fsp3) is 0.125. The fourth-order valence-electron chi connectivity index (χ4n) is 1.17. The molecular formula is C8H7ClN2S. The summed E-state index contributed by atoms with van der Waals surface area (Å²) in [5, 5.41) is 0.736. The first-order valence-corrected chi connectivity index (χ1v) is 4.34. The van der Waals surface area contributed by atoms with Gasteiger partial charge in [0, 0.05) is 0 Å². The van der Waals surface area contributed by atoms with E-state index in [1.165, 1.54) is 0 Å². The van der Waals surface area contributed by atoms with E-state index in [2.05, 4.69) is 9.97 Å². The number of fused-ring (bicyclic) bond motifs is 1. The Morgan fingerprint density at radius 3 is 2.83 bits per heavy atom. The number of hydrogen-bond acceptors (Lipinski definition) is 1. The van der Waals surface area contributed by atoms with Gasteiger partial charge in [0.2, 0.25) is 0 Å². The molecule has 2 aromatic rings. The molecule has 0 atom stereocenters. The topological polar surface area (TPSA) is 31.6 Å². The van der Waals surface area contributed by atoms with Gasteiger partial charge in [-0.15, -0.1) is 0 Å². The summed E-state index contributed by atoms with van der Waals surface area (Å²) in [6, 6.07) is 3.92. The van der Waals surface area contributed by atoms with Crippen LogP contribution in [0.1, 0.15) is 5.56 Å². The van der Waals surface area contributed by atoms with Crippen molar-refractivity contribution in [3.05, 3.63) is 27.5 Å². The van der Waals surface area contributed by atoms with Gasteiger partial charge in [0.25, 0.3) is 0 Å². The lowest BCUT2D eigenvalue weighted by Crippen LogP contribution is -1.76. The first-order chi connectivity index (χ1) is 5.68. The molecule has 2 nitrogen and oxygen atoms in total. The third-order valence-corrected chi connectivity index (χ3v) is 2.51. The average molecular weight is 199 g/mol. The number of nitrogens with one attached hydrogen (secondary N) is 2. The minimum Gasteiger partial charge on any atom is -0.331 e. The Kier molecular flexibility index (Phi) is 1.70. The monoisotopic (exact) mass is 198 g/mol. The van der Waals surface area contributed by atoms with Crippen LogP contribution in [0, 0.1) is 11.7 Å². The van der Waals surface area contributed by atoms with Crippen LogP contribution in [0.4, 0.5) is 0 Å². The van der Waals surface area contributed by atoms with Crippen molar-refractivity contribution in [3.63, 3.8) is 0 Å². The lowest BCUT2D eigenvalue weighted by atomic mass is 10.2. The summed E-state index contributed by atoms with van der Waals surface area (Å²) in [5.74, 6) is 0. The lowest BCUT2D eigenvalue weighted by molar-refractivity contribution is 1.30. The van der Waals surface area contributed by atoms with E-state index in [4.69, 9.17) is 23.8 Å². The zero-order valence-electron chi connectivity index (χ0n) is 6.44. The number of aryl methyl sites for hydroxylation is 1. The number of benzene rings is 1. The molecule has 12 heavy (non-hydrogen) atoms. The molecule has 0 aliphatic rings. The van der Waals surface area contributed by atoms with Gasteiger partial charge in [-0.25, -0.2) is 0 Å². The van der Waals surface area contributed by atoms with Crippen molar-refractivity contribution in [2.24, 2.45) is 0 Å². The van der Waals surface area contributed by atoms with E-state index in [9.17, 15) is 0 Å². The van der Waals surface area contributed by atoms with Crippen LogP contribution >= 0.6 is 23.8 Å². The van der Waals surface area contributed by atoms with E-state index in [1.807, 2.05) is 19.1 Å². The van der Waals surface area contributed by atoms with Gasteiger partial charge < -0.3 is 9.97 Å². The van der Waals surface area contributed by atoms with Crippen LogP contribution in [-0.4, -0.2) is 9.97 Å². The smallest absolute Gasteiger partial charge is 0.175 e. The quantitative estimate of drug-likeness (QED) is 0.626. The van der Waals surface area contributed by atoms with Crippen LogP contribution < -0.4 is 0 Å². The van der Waals surface area contributed by atoms with Crippen molar-refractivity contribution in [1.82, 2.24) is 9.97 Å². The van der Waals surface area contributed by atoms with E-state index in [1.54, 1.807) is 0 Å². The highest BCUT2D eigenvalue weighted by molar-refractivity contribution is 7.71. The molecule has 0 aliphatic heterocycles. The van der Waals surface area contributed by atoms with Gasteiger partial charge >= 0.3 is 0 Å². The first kappa shape index (κ1) is 7.83. The standard InChI is InChI=1S/C8H7ClN2S/c1-4-2-3-5-7(6(4)9)11-8(12)10-5/h2-3H,1H3,(H2,10,11,12). The minimum absolute atomic E-state index is 0.609. The number of aromatic amines is 2. The molecular weight excluding hydrogens is 192 g/mol. The number of aromatic nitrogens is 2. The molecule has 0 bridgehead atoms. The van der Waals surface area contributed by atoms with Crippen molar-refractivity contribution in [1.29, 1.82) is 0 Å². The largest absolute Gasteiger partial charge is 0.331 e. The van der Waals surface area contributed by atoms with Crippen LogP contribution in [0.25, 0.3) is 11.0 Å². The molecule has 0 radical (unpaired) electrons. The predicted octanol–water partition coefficient (Wildman–Crippen LogP) is 3.19. The van der Waals surface area contributed by atoms with Crippen LogP contribution in [0.3, 0.4) is 0 Å². The van der Waals surface area contributed by atoms with Gasteiger partial charge in [0.1, 0.15) is 0 Å². The molecule has 4 heteroatoms. The normalized spacial score (nSPS) is 10.8. The molecule has 0 spiro atoms. The van der Waals surface area contributed by atoms with Gasteiger partial charge in [-0.3, -0.25) is 0 Å². The Labute approximate surface area is 79.6 Å². The Hall–Kier alpha value is -0.800. The van der Waals surface area contributed by atoms with E-state index in [0.717, 1.165) is 21.6 Å². The molecule has 0 amide bonds. The van der Waals surface area contributed by atoms with Crippen molar-refractivity contribution in [2.75, 3.05) is 0 Å². The number of rotatable bonds is 0. The Morgan fingerprint density at radius 1 is 1.33 bits per heavy atom. The molecule has 0 fully saturated rings. The number of halogens is 1. The van der Waals surface area contributed by atoms with Crippen LogP contribution in [-0.2, 0) is 0 Å². The van der Waals surface area contributed by atoms with Crippen molar-refractivity contribution >= 4 is 34.9 Å². The molecule has 0 unspecified atom stereocenters. The number of imidazole rings is 1. The Bertz CT molecular complexity index is 483. The Balaban J connectivity index is 2.99. The maximum Gasteiger partial charge on any atom is 0.175 e. The molecule has 1 heterocycles. The molecule has 62 valence electrons. The van der Waals surface area contributed by atoms with Gasteiger partial charge in [0.15, 0.2) is 4.77 Å². The van der Waals surface area contributed by atoms with Crippen molar-refractivity contribution in [3.8, 4) is 0 Å². The molecule has 0 aliphatic carbocycles. The van der Waals surface area contributed by atoms with Gasteiger partial charge in [-0.05, 0) is 30.8 Å². The summed E-state index contributed by atoms with van der Waals surface area (Å²) < 4.78 is 0.609. The molecule has 0 saturated heterocycles. The zero-order valence-corrected chi connectivity index (χ0v) is 8.01. The highest BCUT2D eigenvalue weighted by Crippen LogP contribution is 2.23. The first-order valence-electron chi connectivity index (χ1n) is 3.55. The maximum absolute atomic E-state index is 6.04.